The van der Waals surface area contributed by atoms with Gasteiger partial charge in [-0.2, -0.15) is 0 Å². The van der Waals surface area contributed by atoms with Gasteiger partial charge in [0.1, 0.15) is 5.75 Å². The number of hydrogen-bond donors (Lipinski definition) is 1. The molecule has 0 bridgehead atoms. The van der Waals surface area contributed by atoms with Crippen LogP contribution in [0.4, 0.5) is 11.4 Å². The number of non-ortho nitro benzene ring substituents is 1. The molecule has 0 unspecified atom stereocenters. The summed E-state index contributed by atoms with van der Waals surface area (Å²) in [6.07, 6.45) is 0. The Bertz CT molecular complexity index is 648. The third-order valence-corrected chi connectivity index (χ3v) is 3.18. The molecule has 0 aliphatic carbocycles. The molecule has 0 aliphatic heterocycles. The van der Waals surface area contributed by atoms with E-state index in [0.717, 1.165) is 11.3 Å². The van der Waals surface area contributed by atoms with Gasteiger partial charge in [0, 0.05) is 29.9 Å². The monoisotopic (exact) mass is 286 g/mol. The molecule has 0 aliphatic rings. The number of rotatable bonds is 5. The van der Waals surface area contributed by atoms with Crippen LogP contribution in [0.2, 0.25) is 0 Å². The van der Waals surface area contributed by atoms with E-state index in [-0.39, 0.29) is 5.69 Å². The van der Waals surface area contributed by atoms with E-state index in [9.17, 15) is 10.1 Å². The molecule has 0 saturated heterocycles. The van der Waals surface area contributed by atoms with Crippen molar-refractivity contribution >= 4 is 11.4 Å². The Morgan fingerprint density at radius 1 is 1.14 bits per heavy atom. The van der Waals surface area contributed by atoms with Crippen LogP contribution in [-0.2, 0) is 6.54 Å². The minimum atomic E-state index is -0.403. The first kappa shape index (κ1) is 14.8. The molecule has 110 valence electrons. The molecule has 2 rings (SSSR count). The minimum absolute atomic E-state index is 0.0630. The molecule has 2 aromatic rings. The number of methoxy groups -OCH3 is 1. The zero-order chi connectivity index (χ0) is 15.4. The van der Waals surface area contributed by atoms with Gasteiger partial charge in [-0.25, -0.2) is 0 Å². The van der Waals surface area contributed by atoms with Crippen molar-refractivity contribution in [3.63, 3.8) is 0 Å². The number of hydrogen-bond acceptors (Lipinski definition) is 4. The van der Waals surface area contributed by atoms with E-state index in [1.807, 2.05) is 26.0 Å². The number of nitro benzene ring substituents is 1. The summed E-state index contributed by atoms with van der Waals surface area (Å²) in [5, 5.41) is 14.1. The highest BCUT2D eigenvalue weighted by atomic mass is 16.6. The molecule has 5 heteroatoms. The van der Waals surface area contributed by atoms with Gasteiger partial charge in [-0.3, -0.25) is 10.1 Å². The van der Waals surface area contributed by atoms with Crippen LogP contribution >= 0.6 is 0 Å². The summed E-state index contributed by atoms with van der Waals surface area (Å²) < 4.78 is 5.25. The Morgan fingerprint density at radius 3 is 2.38 bits per heavy atom. The number of ether oxygens (including phenoxy) is 1. The SMILES string of the molecule is COc1ccc([N+](=O)[O-])cc1CNc1cc(C)cc(C)c1. The summed E-state index contributed by atoms with van der Waals surface area (Å²) in [5.41, 5.74) is 4.15. The Kier molecular flexibility index (Phi) is 4.42. The average molecular weight is 286 g/mol. The maximum absolute atomic E-state index is 10.9. The molecule has 0 spiro atoms. The standard InChI is InChI=1S/C16H18N2O3/c1-11-6-12(2)8-14(7-11)17-10-13-9-15(18(19)20)4-5-16(13)21-3/h4-9,17H,10H2,1-3H3. The second-order valence-electron chi connectivity index (χ2n) is 4.98. The largest absolute Gasteiger partial charge is 0.496 e. The number of nitrogens with one attached hydrogen (secondary N) is 1. The van der Waals surface area contributed by atoms with E-state index in [2.05, 4.69) is 11.4 Å². The van der Waals surface area contributed by atoms with Crippen molar-refractivity contribution < 1.29 is 9.66 Å². The van der Waals surface area contributed by atoms with Gasteiger partial charge in [0.25, 0.3) is 5.69 Å². The van der Waals surface area contributed by atoms with E-state index >= 15 is 0 Å². The fourth-order valence-electron chi connectivity index (χ4n) is 2.29. The molecule has 0 heterocycles. The minimum Gasteiger partial charge on any atom is -0.496 e. The fraction of sp³-hybridized carbons (Fsp3) is 0.250. The summed E-state index contributed by atoms with van der Waals surface area (Å²) in [6, 6.07) is 10.8. The Balaban J connectivity index is 2.21. The Hall–Kier alpha value is -2.56. The highest BCUT2D eigenvalue weighted by molar-refractivity contribution is 5.51. The molecule has 0 fully saturated rings. The Morgan fingerprint density at radius 2 is 1.81 bits per heavy atom. The van der Waals surface area contributed by atoms with Gasteiger partial charge in [0.2, 0.25) is 0 Å². The first-order valence-corrected chi connectivity index (χ1v) is 6.63. The maximum Gasteiger partial charge on any atom is 0.270 e. The van der Waals surface area contributed by atoms with Crippen LogP contribution in [0, 0.1) is 24.0 Å². The summed E-state index contributed by atoms with van der Waals surface area (Å²) in [4.78, 5) is 10.5. The van der Waals surface area contributed by atoms with Crippen molar-refractivity contribution in [3.05, 3.63) is 63.2 Å². The summed E-state index contributed by atoms with van der Waals surface area (Å²) >= 11 is 0. The van der Waals surface area contributed by atoms with Gasteiger partial charge in [0.05, 0.1) is 12.0 Å². The van der Waals surface area contributed by atoms with Gasteiger partial charge >= 0.3 is 0 Å². The molecule has 0 atom stereocenters. The lowest BCUT2D eigenvalue weighted by molar-refractivity contribution is -0.384. The van der Waals surface area contributed by atoms with Crippen molar-refractivity contribution in [1.29, 1.82) is 0 Å². The van der Waals surface area contributed by atoms with Crippen LogP contribution in [0.15, 0.2) is 36.4 Å². The second kappa shape index (κ2) is 6.26. The third kappa shape index (κ3) is 3.72. The van der Waals surface area contributed by atoms with Crippen LogP contribution < -0.4 is 10.1 Å². The molecule has 21 heavy (non-hydrogen) atoms. The highest BCUT2D eigenvalue weighted by Crippen LogP contribution is 2.25. The van der Waals surface area contributed by atoms with Crippen molar-refractivity contribution in [1.82, 2.24) is 0 Å². The lowest BCUT2D eigenvalue weighted by atomic mass is 10.1. The van der Waals surface area contributed by atoms with Gasteiger partial charge in [-0.05, 0) is 43.2 Å². The van der Waals surface area contributed by atoms with E-state index in [1.54, 1.807) is 13.2 Å². The second-order valence-corrected chi connectivity index (χ2v) is 4.98. The topological polar surface area (TPSA) is 64.4 Å². The molecule has 0 saturated carbocycles. The number of nitrogens with zero attached hydrogens (tertiary/aromatic N) is 1. The van der Waals surface area contributed by atoms with Gasteiger partial charge in [0.15, 0.2) is 0 Å². The zero-order valence-corrected chi connectivity index (χ0v) is 12.3. The van der Waals surface area contributed by atoms with Crippen LogP contribution in [0.5, 0.6) is 5.75 Å². The average Bonchev–Trinajstić information content (AvgIpc) is 2.43. The smallest absolute Gasteiger partial charge is 0.270 e. The number of benzene rings is 2. The lowest BCUT2D eigenvalue weighted by Gasteiger charge is -2.11. The predicted molar refractivity (Wildman–Crippen MR) is 82.9 cm³/mol. The molecular formula is C16H18N2O3. The van der Waals surface area contributed by atoms with Crippen LogP contribution in [0.25, 0.3) is 0 Å². The first-order valence-electron chi connectivity index (χ1n) is 6.63. The maximum atomic E-state index is 10.9. The van der Waals surface area contributed by atoms with Crippen molar-refractivity contribution in [2.24, 2.45) is 0 Å². The van der Waals surface area contributed by atoms with Crippen LogP contribution in [0.1, 0.15) is 16.7 Å². The molecule has 1 N–H and O–H groups in total. The van der Waals surface area contributed by atoms with Gasteiger partial charge < -0.3 is 10.1 Å². The zero-order valence-electron chi connectivity index (χ0n) is 12.3. The lowest BCUT2D eigenvalue weighted by Crippen LogP contribution is -2.03. The molecule has 2 aromatic carbocycles. The van der Waals surface area contributed by atoms with Crippen molar-refractivity contribution in [3.8, 4) is 5.75 Å². The summed E-state index contributed by atoms with van der Waals surface area (Å²) in [5.74, 6) is 0.637. The summed E-state index contributed by atoms with van der Waals surface area (Å²) in [6.45, 7) is 4.53. The molecule has 0 radical (unpaired) electrons. The quantitative estimate of drug-likeness (QED) is 0.670. The van der Waals surface area contributed by atoms with Crippen molar-refractivity contribution in [2.75, 3.05) is 12.4 Å². The molecule has 5 nitrogen and oxygen atoms in total. The van der Waals surface area contributed by atoms with Crippen LogP contribution in [-0.4, -0.2) is 12.0 Å². The fourth-order valence-corrected chi connectivity index (χ4v) is 2.29. The predicted octanol–water partition coefficient (Wildman–Crippen LogP) is 3.83. The van der Waals surface area contributed by atoms with Crippen molar-refractivity contribution in [2.45, 2.75) is 20.4 Å². The van der Waals surface area contributed by atoms with E-state index in [1.165, 1.54) is 23.3 Å². The molecule has 0 aromatic heterocycles. The van der Waals surface area contributed by atoms with Gasteiger partial charge in [-0.15, -0.1) is 0 Å². The third-order valence-electron chi connectivity index (χ3n) is 3.18. The number of anilines is 1. The van der Waals surface area contributed by atoms with E-state index in [4.69, 9.17) is 4.74 Å². The first-order chi connectivity index (χ1) is 9.99. The van der Waals surface area contributed by atoms with E-state index < -0.39 is 4.92 Å². The van der Waals surface area contributed by atoms with E-state index in [0.29, 0.717) is 12.3 Å². The highest BCUT2D eigenvalue weighted by Gasteiger charge is 2.11. The number of nitro groups is 1. The molecule has 0 amide bonds. The van der Waals surface area contributed by atoms with Gasteiger partial charge in [-0.1, -0.05) is 6.07 Å². The molecular weight excluding hydrogens is 268 g/mol. The van der Waals surface area contributed by atoms with Crippen LogP contribution in [0.3, 0.4) is 0 Å². The normalized spacial score (nSPS) is 10.2. The summed E-state index contributed by atoms with van der Waals surface area (Å²) in [7, 11) is 1.56. The Labute approximate surface area is 123 Å². The number of aryl methyl sites for hydroxylation is 2.